The van der Waals surface area contributed by atoms with Crippen LogP contribution in [-0.2, 0) is 0 Å². The van der Waals surface area contributed by atoms with E-state index >= 15 is 0 Å². The number of methoxy groups -OCH3 is 1. The van der Waals surface area contributed by atoms with Gasteiger partial charge in [-0.25, -0.2) is 4.98 Å². The summed E-state index contributed by atoms with van der Waals surface area (Å²) >= 11 is 0. The summed E-state index contributed by atoms with van der Waals surface area (Å²) < 4.78 is 7.54. The van der Waals surface area contributed by atoms with Crippen molar-refractivity contribution >= 4 is 10.9 Å². The number of fused-ring (bicyclic) bond motifs is 1. The quantitative estimate of drug-likeness (QED) is 0.723. The SMILES string of the molecule is COc1nccc2c1ccn2C1CC1. The smallest absolute Gasteiger partial charge is 0.222 e. The lowest BCUT2D eigenvalue weighted by molar-refractivity contribution is 0.403. The van der Waals surface area contributed by atoms with Gasteiger partial charge in [0.25, 0.3) is 0 Å². The Labute approximate surface area is 82.3 Å². The van der Waals surface area contributed by atoms with Crippen molar-refractivity contribution in [2.75, 3.05) is 7.11 Å². The fraction of sp³-hybridized carbons (Fsp3) is 0.364. The van der Waals surface area contributed by atoms with Crippen LogP contribution in [0, 0.1) is 0 Å². The van der Waals surface area contributed by atoms with Gasteiger partial charge in [0.1, 0.15) is 0 Å². The average molecular weight is 188 g/mol. The standard InChI is InChI=1S/C11H12N2O/c1-14-11-9-5-7-13(8-2-3-8)10(9)4-6-12-11/h4-8H,2-3H2,1H3. The van der Waals surface area contributed by atoms with Crippen molar-refractivity contribution in [2.45, 2.75) is 18.9 Å². The Kier molecular flexibility index (Phi) is 1.54. The van der Waals surface area contributed by atoms with E-state index in [1.54, 1.807) is 13.3 Å². The zero-order valence-corrected chi connectivity index (χ0v) is 8.10. The summed E-state index contributed by atoms with van der Waals surface area (Å²) in [5.74, 6) is 0.724. The van der Waals surface area contributed by atoms with Crippen LogP contribution in [0.3, 0.4) is 0 Å². The Balaban J connectivity index is 2.25. The molecule has 0 aromatic carbocycles. The topological polar surface area (TPSA) is 27.1 Å². The minimum atomic E-state index is 0.708. The second-order valence-corrected chi connectivity index (χ2v) is 3.71. The molecule has 3 nitrogen and oxygen atoms in total. The Hall–Kier alpha value is -1.51. The van der Waals surface area contributed by atoms with Crippen molar-refractivity contribution in [3.63, 3.8) is 0 Å². The van der Waals surface area contributed by atoms with Gasteiger partial charge in [-0.2, -0.15) is 0 Å². The van der Waals surface area contributed by atoms with Crippen LogP contribution in [0.5, 0.6) is 5.88 Å². The molecule has 0 radical (unpaired) electrons. The van der Waals surface area contributed by atoms with Gasteiger partial charge in [-0.1, -0.05) is 0 Å². The first-order valence-electron chi connectivity index (χ1n) is 4.89. The van der Waals surface area contributed by atoms with Crippen molar-refractivity contribution in [2.24, 2.45) is 0 Å². The fourth-order valence-electron chi connectivity index (χ4n) is 1.90. The number of nitrogens with zero attached hydrogens (tertiary/aromatic N) is 2. The van der Waals surface area contributed by atoms with Crippen LogP contribution in [0.1, 0.15) is 18.9 Å². The minimum absolute atomic E-state index is 0.708. The molecule has 0 atom stereocenters. The monoisotopic (exact) mass is 188 g/mol. The molecule has 0 saturated heterocycles. The maximum absolute atomic E-state index is 5.22. The summed E-state index contributed by atoms with van der Waals surface area (Å²) in [6.07, 6.45) is 6.54. The normalized spacial score (nSPS) is 16.1. The van der Waals surface area contributed by atoms with Crippen molar-refractivity contribution in [3.8, 4) is 5.88 Å². The Morgan fingerprint density at radius 2 is 2.29 bits per heavy atom. The summed E-state index contributed by atoms with van der Waals surface area (Å²) in [6, 6.07) is 4.84. The molecule has 3 heteroatoms. The van der Waals surface area contributed by atoms with Gasteiger partial charge in [-0.15, -0.1) is 0 Å². The highest BCUT2D eigenvalue weighted by Crippen LogP contribution is 2.38. The highest BCUT2D eigenvalue weighted by atomic mass is 16.5. The van der Waals surface area contributed by atoms with Crippen molar-refractivity contribution in [1.82, 2.24) is 9.55 Å². The van der Waals surface area contributed by atoms with E-state index in [-0.39, 0.29) is 0 Å². The third-order valence-electron chi connectivity index (χ3n) is 2.74. The fourth-order valence-corrected chi connectivity index (χ4v) is 1.90. The molecule has 3 rings (SSSR count). The second kappa shape index (κ2) is 2.74. The summed E-state index contributed by atoms with van der Waals surface area (Å²) in [6.45, 7) is 0. The molecule has 0 unspecified atom stereocenters. The van der Waals surface area contributed by atoms with E-state index in [0.717, 1.165) is 11.3 Å². The van der Waals surface area contributed by atoms with Crippen molar-refractivity contribution < 1.29 is 4.74 Å². The van der Waals surface area contributed by atoms with Crippen LogP contribution < -0.4 is 4.74 Å². The number of rotatable bonds is 2. The van der Waals surface area contributed by atoms with Crippen LogP contribution in [0.4, 0.5) is 0 Å². The van der Waals surface area contributed by atoms with E-state index in [0.29, 0.717) is 6.04 Å². The van der Waals surface area contributed by atoms with E-state index < -0.39 is 0 Å². The third kappa shape index (κ3) is 1.02. The lowest BCUT2D eigenvalue weighted by atomic mass is 10.3. The van der Waals surface area contributed by atoms with E-state index in [9.17, 15) is 0 Å². The predicted molar refractivity (Wildman–Crippen MR) is 54.6 cm³/mol. The Morgan fingerprint density at radius 1 is 1.43 bits per heavy atom. The molecule has 0 bridgehead atoms. The molecule has 1 aliphatic rings. The van der Waals surface area contributed by atoms with Gasteiger partial charge in [0.2, 0.25) is 5.88 Å². The highest BCUT2D eigenvalue weighted by Gasteiger charge is 2.24. The molecule has 72 valence electrons. The van der Waals surface area contributed by atoms with Crippen LogP contribution in [-0.4, -0.2) is 16.7 Å². The number of hydrogen-bond acceptors (Lipinski definition) is 2. The van der Waals surface area contributed by atoms with Gasteiger partial charge in [-0.05, 0) is 25.0 Å². The largest absolute Gasteiger partial charge is 0.481 e. The molecule has 1 fully saturated rings. The molecule has 2 heterocycles. The molecule has 2 aromatic heterocycles. The maximum atomic E-state index is 5.22. The molecular weight excluding hydrogens is 176 g/mol. The lowest BCUT2D eigenvalue weighted by Gasteiger charge is -2.03. The first-order valence-corrected chi connectivity index (χ1v) is 4.89. The first-order chi connectivity index (χ1) is 6.90. The van der Waals surface area contributed by atoms with Gasteiger partial charge in [0.15, 0.2) is 0 Å². The molecule has 0 N–H and O–H groups in total. The number of ether oxygens (including phenoxy) is 1. The van der Waals surface area contributed by atoms with Gasteiger partial charge >= 0.3 is 0 Å². The van der Waals surface area contributed by atoms with Gasteiger partial charge in [0.05, 0.1) is 18.0 Å². The van der Waals surface area contributed by atoms with Crippen molar-refractivity contribution in [3.05, 3.63) is 24.5 Å². The van der Waals surface area contributed by atoms with E-state index in [4.69, 9.17) is 4.74 Å². The van der Waals surface area contributed by atoms with Gasteiger partial charge in [0, 0.05) is 18.4 Å². The third-order valence-corrected chi connectivity index (χ3v) is 2.74. The Morgan fingerprint density at radius 3 is 3.00 bits per heavy atom. The predicted octanol–water partition coefficient (Wildman–Crippen LogP) is 2.38. The summed E-state index contributed by atoms with van der Waals surface area (Å²) in [4.78, 5) is 4.18. The van der Waals surface area contributed by atoms with Crippen LogP contribution >= 0.6 is 0 Å². The second-order valence-electron chi connectivity index (χ2n) is 3.71. The number of hydrogen-bond donors (Lipinski definition) is 0. The van der Waals surface area contributed by atoms with Crippen LogP contribution in [0.2, 0.25) is 0 Å². The zero-order valence-electron chi connectivity index (χ0n) is 8.10. The lowest BCUT2D eigenvalue weighted by Crippen LogP contribution is -1.92. The van der Waals surface area contributed by atoms with E-state index in [2.05, 4.69) is 27.9 Å². The summed E-state index contributed by atoms with van der Waals surface area (Å²) in [7, 11) is 1.66. The van der Waals surface area contributed by atoms with E-state index in [1.165, 1.54) is 18.4 Å². The molecule has 2 aromatic rings. The van der Waals surface area contributed by atoms with Crippen molar-refractivity contribution in [1.29, 1.82) is 0 Å². The average Bonchev–Trinajstić information content (AvgIpc) is 2.97. The highest BCUT2D eigenvalue weighted by molar-refractivity contribution is 5.84. The molecule has 0 amide bonds. The zero-order chi connectivity index (χ0) is 9.54. The first kappa shape index (κ1) is 7.85. The van der Waals surface area contributed by atoms with Crippen LogP contribution in [0.25, 0.3) is 10.9 Å². The molecule has 14 heavy (non-hydrogen) atoms. The van der Waals surface area contributed by atoms with Gasteiger partial charge in [-0.3, -0.25) is 0 Å². The summed E-state index contributed by atoms with van der Waals surface area (Å²) in [5, 5.41) is 1.11. The number of pyridine rings is 1. The molecule has 0 spiro atoms. The number of aromatic nitrogens is 2. The molecule has 0 aliphatic heterocycles. The summed E-state index contributed by atoms with van der Waals surface area (Å²) in [5.41, 5.74) is 1.24. The molecular formula is C11H12N2O. The molecule has 1 aliphatic carbocycles. The minimum Gasteiger partial charge on any atom is -0.481 e. The maximum Gasteiger partial charge on any atom is 0.222 e. The molecule has 1 saturated carbocycles. The Bertz CT molecular complexity index is 471. The van der Waals surface area contributed by atoms with Crippen LogP contribution in [0.15, 0.2) is 24.5 Å². The van der Waals surface area contributed by atoms with Gasteiger partial charge < -0.3 is 9.30 Å². The van der Waals surface area contributed by atoms with E-state index in [1.807, 2.05) is 0 Å².